The van der Waals surface area contributed by atoms with Gasteiger partial charge in [-0.2, -0.15) is 26.3 Å². The fourth-order valence-electron chi connectivity index (χ4n) is 2.32. The molecule has 134 valence electrons. The summed E-state index contributed by atoms with van der Waals surface area (Å²) in [6.07, 6.45) is -10.1. The molecule has 1 atom stereocenters. The number of hydrogen-bond acceptors (Lipinski definition) is 3. The molecule has 1 aromatic carbocycles. The van der Waals surface area contributed by atoms with Gasteiger partial charge < -0.3 is 14.7 Å². The summed E-state index contributed by atoms with van der Waals surface area (Å²) < 4.78 is 82.0. The summed E-state index contributed by atoms with van der Waals surface area (Å²) in [5.74, 6) is -1.02. The van der Waals surface area contributed by atoms with Crippen LogP contribution in [0, 0.1) is 0 Å². The molecule has 10 heteroatoms. The second-order valence-electron chi connectivity index (χ2n) is 5.20. The Hall–Kier alpha value is -1.81. The number of carbonyl (C=O) groups excluding carboxylic acids is 1. The Labute approximate surface area is 132 Å². The lowest BCUT2D eigenvalue weighted by atomic mass is 10.0. The number of halogens is 6. The third-order valence-corrected chi connectivity index (χ3v) is 3.53. The molecule has 1 aromatic rings. The van der Waals surface area contributed by atoms with Crippen molar-refractivity contribution in [1.82, 2.24) is 4.90 Å². The van der Waals surface area contributed by atoms with Crippen LogP contribution in [0.4, 0.5) is 26.3 Å². The van der Waals surface area contributed by atoms with E-state index in [-0.39, 0.29) is 25.8 Å². The molecule has 1 unspecified atom stereocenters. The SMILES string of the molecule is O=C(c1cc(C(F)(F)F)cc(C(F)(F)F)c1)N1CCOCC1CO. The zero-order chi connectivity index (χ0) is 18.1. The summed E-state index contributed by atoms with van der Waals surface area (Å²) in [6.45, 7) is -0.529. The van der Waals surface area contributed by atoms with Crippen molar-refractivity contribution in [2.24, 2.45) is 0 Å². The molecule has 1 aliphatic heterocycles. The maximum absolute atomic E-state index is 12.8. The molecule has 1 N–H and O–H groups in total. The Balaban J connectivity index is 2.46. The summed E-state index contributed by atoms with van der Waals surface area (Å²) >= 11 is 0. The van der Waals surface area contributed by atoms with E-state index in [4.69, 9.17) is 4.74 Å². The lowest BCUT2D eigenvalue weighted by Crippen LogP contribution is -2.50. The smallest absolute Gasteiger partial charge is 0.394 e. The fraction of sp³-hybridized carbons (Fsp3) is 0.500. The first kappa shape index (κ1) is 18.5. The molecule has 0 saturated carbocycles. The van der Waals surface area contributed by atoms with Gasteiger partial charge in [0.15, 0.2) is 0 Å². The van der Waals surface area contributed by atoms with Gasteiger partial charge in [-0.3, -0.25) is 4.79 Å². The van der Waals surface area contributed by atoms with Crippen LogP contribution < -0.4 is 0 Å². The predicted octanol–water partition coefficient (Wildman–Crippen LogP) is 2.56. The van der Waals surface area contributed by atoms with E-state index < -0.39 is 47.6 Å². The van der Waals surface area contributed by atoms with Crippen molar-refractivity contribution >= 4 is 5.91 Å². The monoisotopic (exact) mass is 357 g/mol. The topological polar surface area (TPSA) is 49.8 Å². The number of amides is 1. The summed E-state index contributed by atoms with van der Waals surface area (Å²) in [5.41, 5.74) is -3.86. The van der Waals surface area contributed by atoms with Crippen LogP contribution in [0.2, 0.25) is 0 Å². The number of alkyl halides is 6. The zero-order valence-electron chi connectivity index (χ0n) is 12.1. The lowest BCUT2D eigenvalue weighted by Gasteiger charge is -2.34. The highest BCUT2D eigenvalue weighted by Gasteiger charge is 2.38. The van der Waals surface area contributed by atoms with Crippen LogP contribution in [0.1, 0.15) is 21.5 Å². The van der Waals surface area contributed by atoms with Crippen molar-refractivity contribution in [2.75, 3.05) is 26.4 Å². The molecule has 1 fully saturated rings. The Kier molecular flexibility index (Phi) is 5.09. The molecule has 0 radical (unpaired) electrons. The summed E-state index contributed by atoms with van der Waals surface area (Å²) in [6, 6.07) is -0.113. The van der Waals surface area contributed by atoms with Crippen LogP contribution in [-0.4, -0.2) is 48.3 Å². The molecule has 0 bridgehead atoms. The van der Waals surface area contributed by atoms with E-state index in [1.165, 1.54) is 0 Å². The van der Waals surface area contributed by atoms with Crippen molar-refractivity contribution in [1.29, 1.82) is 0 Å². The number of aliphatic hydroxyl groups excluding tert-OH is 1. The Morgan fingerprint density at radius 1 is 1.12 bits per heavy atom. The molecular formula is C14H13F6NO3. The van der Waals surface area contributed by atoms with Gasteiger partial charge in [-0.15, -0.1) is 0 Å². The average Bonchev–Trinajstić information content (AvgIpc) is 2.52. The Morgan fingerprint density at radius 2 is 1.67 bits per heavy atom. The highest BCUT2D eigenvalue weighted by atomic mass is 19.4. The molecule has 1 saturated heterocycles. The van der Waals surface area contributed by atoms with Crippen molar-refractivity contribution < 1.29 is 41.0 Å². The number of aliphatic hydroxyl groups is 1. The molecule has 0 spiro atoms. The number of ether oxygens (including phenoxy) is 1. The Morgan fingerprint density at radius 3 is 2.12 bits per heavy atom. The van der Waals surface area contributed by atoms with E-state index in [2.05, 4.69) is 0 Å². The lowest BCUT2D eigenvalue weighted by molar-refractivity contribution is -0.143. The van der Waals surface area contributed by atoms with Crippen LogP contribution in [0.3, 0.4) is 0 Å². The number of carbonyl (C=O) groups is 1. The van der Waals surface area contributed by atoms with Crippen LogP contribution in [0.5, 0.6) is 0 Å². The van der Waals surface area contributed by atoms with Crippen molar-refractivity contribution in [3.05, 3.63) is 34.9 Å². The second kappa shape index (κ2) is 6.60. The molecule has 1 aliphatic rings. The van der Waals surface area contributed by atoms with Crippen LogP contribution in [-0.2, 0) is 17.1 Å². The van der Waals surface area contributed by atoms with Gasteiger partial charge in [0.25, 0.3) is 5.91 Å². The van der Waals surface area contributed by atoms with E-state index in [9.17, 15) is 36.2 Å². The maximum atomic E-state index is 12.8. The van der Waals surface area contributed by atoms with Crippen LogP contribution in [0.25, 0.3) is 0 Å². The first-order valence-corrected chi connectivity index (χ1v) is 6.83. The molecule has 1 heterocycles. The molecular weight excluding hydrogens is 344 g/mol. The number of morpholine rings is 1. The molecule has 24 heavy (non-hydrogen) atoms. The first-order chi connectivity index (χ1) is 11.0. The van der Waals surface area contributed by atoms with Crippen molar-refractivity contribution in [3.63, 3.8) is 0 Å². The van der Waals surface area contributed by atoms with Gasteiger partial charge in [0.05, 0.1) is 37.0 Å². The van der Waals surface area contributed by atoms with Gasteiger partial charge in [-0.05, 0) is 18.2 Å². The minimum Gasteiger partial charge on any atom is -0.394 e. The van der Waals surface area contributed by atoms with Gasteiger partial charge in [0.2, 0.25) is 0 Å². The maximum Gasteiger partial charge on any atom is 0.416 e. The quantitative estimate of drug-likeness (QED) is 0.828. The number of nitrogens with zero attached hydrogens (tertiary/aromatic N) is 1. The minimum absolute atomic E-state index is 0.0400. The molecule has 0 aromatic heterocycles. The van der Waals surface area contributed by atoms with Gasteiger partial charge >= 0.3 is 12.4 Å². The standard InChI is InChI=1S/C14H13F6NO3/c15-13(16,17)9-3-8(4-10(5-9)14(18,19)20)12(23)21-1-2-24-7-11(21)6-22/h3-5,11,22H,1-2,6-7H2. The second-order valence-corrected chi connectivity index (χ2v) is 5.20. The summed E-state index contributed by atoms with van der Waals surface area (Å²) in [4.78, 5) is 13.4. The highest BCUT2D eigenvalue weighted by molar-refractivity contribution is 5.95. The van der Waals surface area contributed by atoms with Crippen molar-refractivity contribution in [3.8, 4) is 0 Å². The highest BCUT2D eigenvalue weighted by Crippen LogP contribution is 2.36. The third kappa shape index (κ3) is 3.99. The van der Waals surface area contributed by atoms with E-state index in [1.807, 2.05) is 0 Å². The summed E-state index contributed by atoms with van der Waals surface area (Å²) in [5, 5.41) is 9.19. The first-order valence-electron chi connectivity index (χ1n) is 6.83. The fourth-order valence-corrected chi connectivity index (χ4v) is 2.32. The Bertz CT molecular complexity index is 581. The van der Waals surface area contributed by atoms with Gasteiger partial charge in [0, 0.05) is 12.1 Å². The van der Waals surface area contributed by atoms with Gasteiger partial charge in [-0.1, -0.05) is 0 Å². The molecule has 2 rings (SSSR count). The largest absolute Gasteiger partial charge is 0.416 e. The van der Waals surface area contributed by atoms with E-state index in [0.717, 1.165) is 4.90 Å². The average molecular weight is 357 g/mol. The number of benzene rings is 1. The minimum atomic E-state index is -5.03. The van der Waals surface area contributed by atoms with Gasteiger partial charge in [0.1, 0.15) is 0 Å². The van der Waals surface area contributed by atoms with Gasteiger partial charge in [-0.25, -0.2) is 0 Å². The van der Waals surface area contributed by atoms with Crippen LogP contribution in [0.15, 0.2) is 18.2 Å². The molecule has 1 amide bonds. The van der Waals surface area contributed by atoms with Crippen LogP contribution >= 0.6 is 0 Å². The predicted molar refractivity (Wildman–Crippen MR) is 69.2 cm³/mol. The summed E-state index contributed by atoms with van der Waals surface area (Å²) in [7, 11) is 0. The van der Waals surface area contributed by atoms with E-state index in [1.54, 1.807) is 0 Å². The van der Waals surface area contributed by atoms with Crippen molar-refractivity contribution in [2.45, 2.75) is 18.4 Å². The van der Waals surface area contributed by atoms with E-state index >= 15 is 0 Å². The third-order valence-electron chi connectivity index (χ3n) is 3.53. The molecule has 0 aliphatic carbocycles. The molecule has 4 nitrogen and oxygen atoms in total. The normalized spacial score (nSPS) is 19.5. The van der Waals surface area contributed by atoms with E-state index in [0.29, 0.717) is 12.1 Å². The zero-order valence-corrected chi connectivity index (χ0v) is 12.1. The number of hydrogen-bond donors (Lipinski definition) is 1. The number of rotatable bonds is 2.